The Morgan fingerprint density at radius 1 is 1.26 bits per heavy atom. The fraction of sp³-hybridized carbons (Fsp3) is 0.467. The second-order valence-corrected chi connectivity index (χ2v) is 4.53. The second kappa shape index (κ2) is 9.28. The predicted molar refractivity (Wildman–Crippen MR) is 74.1 cm³/mol. The van der Waals surface area contributed by atoms with Crippen LogP contribution in [0.1, 0.15) is 31.2 Å². The minimum Gasteiger partial charge on any atom is -0.480 e. The molecule has 0 unspecified atom stereocenters. The third-order valence-corrected chi connectivity index (χ3v) is 2.99. The van der Waals surface area contributed by atoms with Gasteiger partial charge in [-0.3, -0.25) is 4.79 Å². The Morgan fingerprint density at radius 2 is 2.00 bits per heavy atom. The SMILES string of the molecule is O=CCCC[C@H](NCCCc1ccccc1)C(=O)O. The highest BCUT2D eigenvalue weighted by Gasteiger charge is 2.15. The number of unbranched alkanes of at least 4 members (excludes halogenated alkanes) is 1. The Kier molecular flexibility index (Phi) is 7.51. The van der Waals surface area contributed by atoms with Crippen LogP contribution in [0.3, 0.4) is 0 Å². The number of carbonyl (C=O) groups excluding carboxylic acids is 1. The van der Waals surface area contributed by atoms with E-state index in [4.69, 9.17) is 5.11 Å². The van der Waals surface area contributed by atoms with Gasteiger partial charge in [0.15, 0.2) is 0 Å². The van der Waals surface area contributed by atoms with E-state index >= 15 is 0 Å². The van der Waals surface area contributed by atoms with E-state index in [-0.39, 0.29) is 0 Å². The first-order chi connectivity index (χ1) is 9.24. The molecule has 0 radical (unpaired) electrons. The van der Waals surface area contributed by atoms with Crippen molar-refractivity contribution in [1.29, 1.82) is 0 Å². The molecule has 4 nitrogen and oxygen atoms in total. The van der Waals surface area contributed by atoms with Gasteiger partial charge < -0.3 is 15.2 Å². The minimum atomic E-state index is -0.842. The van der Waals surface area contributed by atoms with Gasteiger partial charge in [0.1, 0.15) is 12.3 Å². The maximum atomic E-state index is 11.0. The Labute approximate surface area is 113 Å². The summed E-state index contributed by atoms with van der Waals surface area (Å²) in [4.78, 5) is 21.2. The van der Waals surface area contributed by atoms with Crippen LogP contribution in [0.2, 0.25) is 0 Å². The molecule has 0 aliphatic carbocycles. The van der Waals surface area contributed by atoms with Crippen molar-refractivity contribution in [3.63, 3.8) is 0 Å². The van der Waals surface area contributed by atoms with Crippen LogP contribution in [0.25, 0.3) is 0 Å². The normalized spacial score (nSPS) is 12.0. The van der Waals surface area contributed by atoms with Crippen molar-refractivity contribution in [3.05, 3.63) is 35.9 Å². The van der Waals surface area contributed by atoms with Crippen molar-refractivity contribution in [2.75, 3.05) is 6.54 Å². The summed E-state index contributed by atoms with van der Waals surface area (Å²) >= 11 is 0. The van der Waals surface area contributed by atoms with Gasteiger partial charge in [0.25, 0.3) is 0 Å². The summed E-state index contributed by atoms with van der Waals surface area (Å²) in [7, 11) is 0. The highest BCUT2D eigenvalue weighted by molar-refractivity contribution is 5.73. The molecule has 104 valence electrons. The molecule has 0 fully saturated rings. The average molecular weight is 263 g/mol. The van der Waals surface area contributed by atoms with Crippen LogP contribution < -0.4 is 5.32 Å². The number of nitrogens with one attached hydrogen (secondary N) is 1. The van der Waals surface area contributed by atoms with Gasteiger partial charge in [0.05, 0.1) is 0 Å². The number of rotatable bonds is 10. The van der Waals surface area contributed by atoms with Gasteiger partial charge in [0.2, 0.25) is 0 Å². The first-order valence-electron chi connectivity index (χ1n) is 6.68. The van der Waals surface area contributed by atoms with E-state index in [0.29, 0.717) is 25.8 Å². The summed E-state index contributed by atoms with van der Waals surface area (Å²) in [6, 6.07) is 9.58. The molecule has 2 N–H and O–H groups in total. The predicted octanol–water partition coefficient (Wildman–Crippen LogP) is 2.03. The maximum Gasteiger partial charge on any atom is 0.320 e. The van der Waals surface area contributed by atoms with Gasteiger partial charge in [-0.15, -0.1) is 0 Å². The van der Waals surface area contributed by atoms with Crippen LogP contribution in [0.5, 0.6) is 0 Å². The Hall–Kier alpha value is -1.68. The van der Waals surface area contributed by atoms with Crippen LogP contribution in [0.15, 0.2) is 30.3 Å². The van der Waals surface area contributed by atoms with Gasteiger partial charge in [0, 0.05) is 6.42 Å². The molecule has 0 spiro atoms. The van der Waals surface area contributed by atoms with Crippen molar-refractivity contribution >= 4 is 12.3 Å². The summed E-state index contributed by atoms with van der Waals surface area (Å²) < 4.78 is 0. The lowest BCUT2D eigenvalue weighted by molar-refractivity contribution is -0.139. The number of hydrogen-bond donors (Lipinski definition) is 2. The summed E-state index contributed by atoms with van der Waals surface area (Å²) in [5, 5.41) is 12.1. The zero-order chi connectivity index (χ0) is 13.9. The van der Waals surface area contributed by atoms with Crippen LogP contribution in [-0.4, -0.2) is 29.9 Å². The molecule has 0 heterocycles. The molecule has 1 atom stereocenters. The van der Waals surface area contributed by atoms with Gasteiger partial charge in [-0.05, 0) is 37.8 Å². The highest BCUT2D eigenvalue weighted by atomic mass is 16.4. The molecule has 0 aromatic heterocycles. The summed E-state index contributed by atoms with van der Waals surface area (Å²) in [5.41, 5.74) is 1.26. The van der Waals surface area contributed by atoms with E-state index in [1.165, 1.54) is 5.56 Å². The number of carboxylic acid groups (broad SMARTS) is 1. The molecule has 1 rings (SSSR count). The largest absolute Gasteiger partial charge is 0.480 e. The second-order valence-electron chi connectivity index (χ2n) is 4.53. The number of hydrogen-bond acceptors (Lipinski definition) is 3. The highest BCUT2D eigenvalue weighted by Crippen LogP contribution is 2.03. The topological polar surface area (TPSA) is 66.4 Å². The van der Waals surface area contributed by atoms with E-state index in [1.54, 1.807) is 0 Å². The molecule has 4 heteroatoms. The number of aryl methyl sites for hydroxylation is 1. The van der Waals surface area contributed by atoms with Gasteiger partial charge in [-0.25, -0.2) is 0 Å². The third-order valence-electron chi connectivity index (χ3n) is 2.99. The minimum absolute atomic E-state index is 0.426. The number of carboxylic acids is 1. The van der Waals surface area contributed by atoms with Crippen molar-refractivity contribution in [2.24, 2.45) is 0 Å². The lowest BCUT2D eigenvalue weighted by Gasteiger charge is -2.13. The van der Waals surface area contributed by atoms with Crippen LogP contribution in [-0.2, 0) is 16.0 Å². The Morgan fingerprint density at radius 3 is 2.63 bits per heavy atom. The van der Waals surface area contributed by atoms with Gasteiger partial charge in [-0.2, -0.15) is 0 Å². The standard InChI is InChI=1S/C15H21NO3/c17-12-5-4-10-14(15(18)19)16-11-6-9-13-7-2-1-3-8-13/h1-3,7-8,12,14,16H,4-6,9-11H2,(H,18,19)/t14-/m0/s1. The summed E-state index contributed by atoms with van der Waals surface area (Å²) in [6.45, 7) is 0.674. The van der Waals surface area contributed by atoms with Crippen molar-refractivity contribution in [2.45, 2.75) is 38.1 Å². The lowest BCUT2D eigenvalue weighted by Crippen LogP contribution is -2.37. The molecule has 0 saturated heterocycles. The van der Waals surface area contributed by atoms with Crippen LogP contribution >= 0.6 is 0 Å². The van der Waals surface area contributed by atoms with Gasteiger partial charge >= 0.3 is 5.97 Å². The molecule has 0 aliphatic rings. The third kappa shape index (κ3) is 6.72. The number of benzene rings is 1. The Balaban J connectivity index is 2.21. The molecule has 0 aliphatic heterocycles. The van der Waals surface area contributed by atoms with E-state index in [0.717, 1.165) is 19.1 Å². The number of aliphatic carboxylic acids is 1. The summed E-state index contributed by atoms with van der Waals surface area (Å²) in [5.74, 6) is -0.842. The molecule has 1 aromatic carbocycles. The zero-order valence-corrected chi connectivity index (χ0v) is 11.0. The first-order valence-corrected chi connectivity index (χ1v) is 6.68. The molecule has 19 heavy (non-hydrogen) atoms. The summed E-state index contributed by atoms with van der Waals surface area (Å²) in [6.07, 6.45) is 4.21. The Bertz CT molecular complexity index is 378. The monoisotopic (exact) mass is 263 g/mol. The molecule has 0 amide bonds. The number of carbonyl (C=O) groups is 2. The fourth-order valence-electron chi connectivity index (χ4n) is 1.93. The molecular formula is C15H21NO3. The maximum absolute atomic E-state index is 11.0. The average Bonchev–Trinajstić information content (AvgIpc) is 2.42. The molecule has 1 aromatic rings. The van der Waals surface area contributed by atoms with Crippen molar-refractivity contribution in [1.82, 2.24) is 5.32 Å². The van der Waals surface area contributed by atoms with Crippen molar-refractivity contribution < 1.29 is 14.7 Å². The van der Waals surface area contributed by atoms with E-state index in [9.17, 15) is 9.59 Å². The first kappa shape index (κ1) is 15.4. The zero-order valence-electron chi connectivity index (χ0n) is 11.0. The van der Waals surface area contributed by atoms with Crippen molar-refractivity contribution in [3.8, 4) is 0 Å². The lowest BCUT2D eigenvalue weighted by atomic mass is 10.1. The van der Waals surface area contributed by atoms with E-state index < -0.39 is 12.0 Å². The van der Waals surface area contributed by atoms with E-state index in [1.807, 2.05) is 18.2 Å². The van der Waals surface area contributed by atoms with Crippen LogP contribution in [0, 0.1) is 0 Å². The quantitative estimate of drug-likeness (QED) is 0.501. The van der Waals surface area contributed by atoms with Gasteiger partial charge in [-0.1, -0.05) is 30.3 Å². The molecule has 0 saturated carbocycles. The molecular weight excluding hydrogens is 242 g/mol. The van der Waals surface area contributed by atoms with E-state index in [2.05, 4.69) is 17.4 Å². The fourth-order valence-corrected chi connectivity index (χ4v) is 1.93. The molecule has 0 bridgehead atoms. The van der Waals surface area contributed by atoms with Crippen LogP contribution in [0.4, 0.5) is 0 Å². The number of aldehydes is 1. The smallest absolute Gasteiger partial charge is 0.320 e.